The summed E-state index contributed by atoms with van der Waals surface area (Å²) in [7, 11) is -3.59. The van der Waals surface area contributed by atoms with E-state index in [0.29, 0.717) is 24.3 Å². The topological polar surface area (TPSA) is 86.8 Å². The second kappa shape index (κ2) is 8.91. The Bertz CT molecular complexity index is 1190. The van der Waals surface area contributed by atoms with Gasteiger partial charge in [0.15, 0.2) is 0 Å². The van der Waals surface area contributed by atoms with E-state index in [1.165, 1.54) is 16.1 Å². The third-order valence-corrected chi connectivity index (χ3v) is 8.45. The van der Waals surface area contributed by atoms with E-state index in [-0.39, 0.29) is 23.1 Å². The highest BCUT2D eigenvalue weighted by Gasteiger charge is 2.38. The van der Waals surface area contributed by atoms with Gasteiger partial charge in [0.2, 0.25) is 21.8 Å². The Morgan fingerprint density at radius 1 is 0.970 bits per heavy atom. The van der Waals surface area contributed by atoms with Crippen LogP contribution in [0.25, 0.3) is 0 Å². The molecule has 0 aromatic heterocycles. The molecule has 4 rings (SSSR count). The molecule has 176 valence electrons. The fourth-order valence-corrected chi connectivity index (χ4v) is 6.59. The van der Waals surface area contributed by atoms with Gasteiger partial charge < -0.3 is 5.32 Å². The number of carbonyl (C=O) groups is 2. The van der Waals surface area contributed by atoms with Gasteiger partial charge in [-0.3, -0.25) is 14.5 Å². The largest absolute Gasteiger partial charge is 0.324 e. The molecule has 2 aliphatic rings. The summed E-state index contributed by atoms with van der Waals surface area (Å²) < 4.78 is 27.8. The predicted molar refractivity (Wildman–Crippen MR) is 129 cm³/mol. The lowest BCUT2D eigenvalue weighted by Crippen LogP contribution is -2.44. The van der Waals surface area contributed by atoms with Gasteiger partial charge in [-0.25, -0.2) is 8.42 Å². The molecule has 0 aliphatic carbocycles. The van der Waals surface area contributed by atoms with E-state index >= 15 is 0 Å². The maximum Gasteiger partial charge on any atom is 0.247 e. The van der Waals surface area contributed by atoms with Crippen LogP contribution < -0.4 is 10.2 Å². The third kappa shape index (κ3) is 4.42. The van der Waals surface area contributed by atoms with Crippen molar-refractivity contribution in [1.29, 1.82) is 0 Å². The molecule has 1 atom stereocenters. The number of rotatable bonds is 4. The Kier molecular flexibility index (Phi) is 6.33. The number of nitrogens with zero attached hydrogens (tertiary/aromatic N) is 2. The van der Waals surface area contributed by atoms with Crippen molar-refractivity contribution < 1.29 is 18.0 Å². The summed E-state index contributed by atoms with van der Waals surface area (Å²) in [6, 6.07) is 8.12. The summed E-state index contributed by atoms with van der Waals surface area (Å²) in [4.78, 5) is 27.5. The number of fused-ring (bicyclic) bond motifs is 1. The zero-order chi connectivity index (χ0) is 23.9. The van der Waals surface area contributed by atoms with Gasteiger partial charge in [-0.2, -0.15) is 4.31 Å². The van der Waals surface area contributed by atoms with Crippen molar-refractivity contribution in [2.75, 3.05) is 23.3 Å². The smallest absolute Gasteiger partial charge is 0.247 e. The van der Waals surface area contributed by atoms with Gasteiger partial charge in [0.1, 0.15) is 6.04 Å². The van der Waals surface area contributed by atoms with Gasteiger partial charge in [-0.1, -0.05) is 24.1 Å². The highest BCUT2D eigenvalue weighted by Crippen LogP contribution is 2.36. The number of amides is 2. The quantitative estimate of drug-likeness (QED) is 0.740. The average molecular weight is 470 g/mol. The van der Waals surface area contributed by atoms with Crippen LogP contribution in [0.2, 0.25) is 0 Å². The maximum atomic E-state index is 13.3. The molecule has 7 nitrogen and oxygen atoms in total. The number of sulfonamides is 1. The molecule has 1 unspecified atom stereocenters. The van der Waals surface area contributed by atoms with E-state index in [2.05, 4.69) is 5.32 Å². The molecule has 0 bridgehead atoms. The minimum absolute atomic E-state index is 0.220. The van der Waals surface area contributed by atoms with Crippen molar-refractivity contribution >= 4 is 33.2 Å². The minimum atomic E-state index is -3.59. The van der Waals surface area contributed by atoms with Crippen LogP contribution in [0.15, 0.2) is 35.2 Å². The Hall–Kier alpha value is -2.71. The molecular weight excluding hydrogens is 438 g/mol. The standard InChI is InChI=1S/C25H31N3O4S/c1-16-12-17(2)24(18(3)13-16)26-25(30)23-15-20-14-21(8-9-22(20)28(23)19(4)29)33(31,32)27-10-6-5-7-11-27/h8-9,12-14,23H,5-7,10-11,15H2,1-4H3,(H,26,30). The molecule has 33 heavy (non-hydrogen) atoms. The summed E-state index contributed by atoms with van der Waals surface area (Å²) in [6.07, 6.45) is 3.04. The van der Waals surface area contributed by atoms with Crippen molar-refractivity contribution in [2.24, 2.45) is 0 Å². The number of hydrogen-bond acceptors (Lipinski definition) is 4. The summed E-state index contributed by atoms with van der Waals surface area (Å²) in [6.45, 7) is 8.37. The van der Waals surface area contributed by atoms with Crippen molar-refractivity contribution in [2.45, 2.75) is 64.3 Å². The second-order valence-electron chi connectivity index (χ2n) is 9.13. The summed E-state index contributed by atoms with van der Waals surface area (Å²) in [5.41, 5.74) is 5.07. The summed E-state index contributed by atoms with van der Waals surface area (Å²) in [5.74, 6) is -0.533. The number of anilines is 2. The van der Waals surface area contributed by atoms with Gasteiger partial charge in [-0.05, 0) is 68.5 Å². The molecule has 2 heterocycles. The monoisotopic (exact) mass is 469 g/mol. The lowest BCUT2D eigenvalue weighted by molar-refractivity contribution is -0.122. The fraction of sp³-hybridized carbons (Fsp3) is 0.440. The minimum Gasteiger partial charge on any atom is -0.324 e. The van der Waals surface area contributed by atoms with E-state index in [1.807, 2.05) is 32.9 Å². The van der Waals surface area contributed by atoms with E-state index in [9.17, 15) is 18.0 Å². The van der Waals surface area contributed by atoms with Crippen molar-refractivity contribution in [1.82, 2.24) is 4.31 Å². The average Bonchev–Trinajstić information content (AvgIpc) is 3.16. The molecule has 2 aromatic carbocycles. The van der Waals surface area contributed by atoms with E-state index in [0.717, 1.165) is 41.6 Å². The third-order valence-electron chi connectivity index (χ3n) is 6.56. The second-order valence-corrected chi connectivity index (χ2v) is 11.1. The van der Waals surface area contributed by atoms with Crippen LogP contribution >= 0.6 is 0 Å². The predicted octanol–water partition coefficient (Wildman–Crippen LogP) is 3.70. The fourth-order valence-electron chi connectivity index (χ4n) is 5.03. The highest BCUT2D eigenvalue weighted by molar-refractivity contribution is 7.89. The van der Waals surface area contributed by atoms with Crippen LogP contribution in [0.5, 0.6) is 0 Å². The first-order valence-electron chi connectivity index (χ1n) is 11.4. The first-order valence-corrected chi connectivity index (χ1v) is 12.8. The van der Waals surface area contributed by atoms with Gasteiger partial charge in [0.25, 0.3) is 0 Å². The van der Waals surface area contributed by atoms with Crippen LogP contribution in [-0.2, 0) is 26.0 Å². The molecule has 2 amide bonds. The molecule has 1 fully saturated rings. The number of nitrogens with one attached hydrogen (secondary N) is 1. The molecule has 0 spiro atoms. The molecule has 1 saturated heterocycles. The number of hydrogen-bond donors (Lipinski definition) is 1. The zero-order valence-corrected chi connectivity index (χ0v) is 20.5. The molecular formula is C25H31N3O4S. The van der Waals surface area contributed by atoms with Gasteiger partial charge >= 0.3 is 0 Å². The van der Waals surface area contributed by atoms with Crippen molar-refractivity contribution in [3.63, 3.8) is 0 Å². The van der Waals surface area contributed by atoms with Crippen molar-refractivity contribution in [3.8, 4) is 0 Å². The number of carbonyl (C=O) groups excluding carboxylic acids is 2. The van der Waals surface area contributed by atoms with Crippen LogP contribution in [0.4, 0.5) is 11.4 Å². The van der Waals surface area contributed by atoms with Crippen LogP contribution in [0.3, 0.4) is 0 Å². The molecule has 2 aromatic rings. The number of piperidine rings is 1. The zero-order valence-electron chi connectivity index (χ0n) is 19.6. The van der Waals surface area contributed by atoms with Crippen LogP contribution in [0.1, 0.15) is 48.4 Å². The molecule has 0 radical (unpaired) electrons. The first kappa shape index (κ1) is 23.4. The lowest BCUT2D eigenvalue weighted by atomic mass is 10.0. The van der Waals surface area contributed by atoms with Gasteiger partial charge in [-0.15, -0.1) is 0 Å². The van der Waals surface area contributed by atoms with Gasteiger partial charge in [0, 0.05) is 37.8 Å². The normalized spacial score (nSPS) is 18.8. The van der Waals surface area contributed by atoms with Crippen LogP contribution in [0, 0.1) is 20.8 Å². The van der Waals surface area contributed by atoms with E-state index in [4.69, 9.17) is 0 Å². The summed E-state index contributed by atoms with van der Waals surface area (Å²) in [5, 5.41) is 3.00. The molecule has 0 saturated carbocycles. The Morgan fingerprint density at radius 2 is 1.61 bits per heavy atom. The van der Waals surface area contributed by atoms with Crippen molar-refractivity contribution in [3.05, 3.63) is 52.6 Å². The highest BCUT2D eigenvalue weighted by atomic mass is 32.2. The Morgan fingerprint density at radius 3 is 2.21 bits per heavy atom. The first-order chi connectivity index (χ1) is 15.6. The van der Waals surface area contributed by atoms with Gasteiger partial charge in [0.05, 0.1) is 4.90 Å². The summed E-state index contributed by atoms with van der Waals surface area (Å²) >= 11 is 0. The maximum absolute atomic E-state index is 13.3. The Balaban J connectivity index is 1.63. The van der Waals surface area contributed by atoms with E-state index in [1.54, 1.807) is 18.2 Å². The van der Waals surface area contributed by atoms with Crippen LogP contribution in [-0.4, -0.2) is 43.7 Å². The SMILES string of the molecule is CC(=O)N1c2ccc(S(=O)(=O)N3CCCCC3)cc2CC1C(=O)Nc1c(C)cc(C)cc1C. The molecule has 8 heteroatoms. The molecule has 1 N–H and O–H groups in total. The molecule has 2 aliphatic heterocycles. The van der Waals surface area contributed by atoms with E-state index < -0.39 is 16.1 Å². The number of benzene rings is 2. The Labute approximate surface area is 195 Å². The lowest BCUT2D eigenvalue weighted by Gasteiger charge is -2.26. The number of aryl methyl sites for hydroxylation is 3.